The van der Waals surface area contributed by atoms with Crippen molar-refractivity contribution in [3.8, 4) is 0 Å². The molecule has 3 rings (SSSR count). The monoisotopic (exact) mass is 245 g/mol. The Bertz CT molecular complexity index is 393. The molecule has 2 aliphatic rings. The SMILES string of the molecule is Cc1ccc(CN2CCNC3(CCCC3)C2)cn1. The number of aromatic nitrogens is 1. The van der Waals surface area contributed by atoms with Gasteiger partial charge in [0, 0.05) is 43.6 Å². The Morgan fingerprint density at radius 1 is 1.33 bits per heavy atom. The van der Waals surface area contributed by atoms with E-state index in [1.807, 2.05) is 13.1 Å². The zero-order valence-corrected chi connectivity index (χ0v) is 11.3. The molecule has 1 N–H and O–H groups in total. The average Bonchev–Trinajstić information content (AvgIpc) is 2.80. The summed E-state index contributed by atoms with van der Waals surface area (Å²) in [5.41, 5.74) is 2.87. The van der Waals surface area contributed by atoms with Crippen LogP contribution in [0.5, 0.6) is 0 Å². The van der Waals surface area contributed by atoms with Gasteiger partial charge in [0.1, 0.15) is 0 Å². The molecular formula is C15H23N3. The molecule has 1 aliphatic heterocycles. The van der Waals surface area contributed by atoms with E-state index < -0.39 is 0 Å². The lowest BCUT2D eigenvalue weighted by Crippen LogP contribution is -2.58. The van der Waals surface area contributed by atoms with Crippen LogP contribution in [-0.2, 0) is 6.54 Å². The predicted molar refractivity (Wildman–Crippen MR) is 73.5 cm³/mol. The molecule has 0 unspecified atom stereocenters. The van der Waals surface area contributed by atoms with Crippen molar-refractivity contribution in [2.75, 3.05) is 19.6 Å². The van der Waals surface area contributed by atoms with E-state index in [-0.39, 0.29) is 0 Å². The van der Waals surface area contributed by atoms with E-state index in [4.69, 9.17) is 0 Å². The number of rotatable bonds is 2. The second kappa shape index (κ2) is 4.98. The lowest BCUT2D eigenvalue weighted by Gasteiger charge is -2.41. The molecule has 3 nitrogen and oxygen atoms in total. The van der Waals surface area contributed by atoms with Gasteiger partial charge in [0.15, 0.2) is 0 Å². The molecule has 1 aliphatic carbocycles. The molecule has 2 fully saturated rings. The molecule has 98 valence electrons. The van der Waals surface area contributed by atoms with Crippen molar-refractivity contribution in [2.45, 2.75) is 44.7 Å². The van der Waals surface area contributed by atoms with Gasteiger partial charge in [-0.15, -0.1) is 0 Å². The van der Waals surface area contributed by atoms with Gasteiger partial charge in [0.2, 0.25) is 0 Å². The van der Waals surface area contributed by atoms with Gasteiger partial charge in [-0.1, -0.05) is 18.9 Å². The van der Waals surface area contributed by atoms with Crippen molar-refractivity contribution >= 4 is 0 Å². The summed E-state index contributed by atoms with van der Waals surface area (Å²) in [6.45, 7) is 6.61. The zero-order chi connectivity index (χ0) is 12.4. The highest BCUT2D eigenvalue weighted by molar-refractivity contribution is 5.13. The summed E-state index contributed by atoms with van der Waals surface area (Å²) in [5.74, 6) is 0. The Hall–Kier alpha value is -0.930. The third-order valence-corrected chi connectivity index (χ3v) is 4.39. The molecule has 1 saturated carbocycles. The van der Waals surface area contributed by atoms with Crippen LogP contribution in [0.4, 0.5) is 0 Å². The summed E-state index contributed by atoms with van der Waals surface area (Å²) in [6, 6.07) is 4.33. The fourth-order valence-corrected chi connectivity index (χ4v) is 3.41. The minimum Gasteiger partial charge on any atom is -0.309 e. The lowest BCUT2D eigenvalue weighted by atomic mass is 9.94. The predicted octanol–water partition coefficient (Wildman–Crippen LogP) is 2.11. The van der Waals surface area contributed by atoms with Crippen LogP contribution in [0.2, 0.25) is 0 Å². The molecule has 1 aromatic heterocycles. The average molecular weight is 245 g/mol. The van der Waals surface area contributed by atoms with E-state index in [1.165, 1.54) is 37.8 Å². The van der Waals surface area contributed by atoms with Crippen molar-refractivity contribution in [1.82, 2.24) is 15.2 Å². The first kappa shape index (κ1) is 12.1. The van der Waals surface area contributed by atoms with Crippen LogP contribution in [0.3, 0.4) is 0 Å². The number of hydrogen-bond acceptors (Lipinski definition) is 3. The van der Waals surface area contributed by atoms with Crippen LogP contribution in [0.1, 0.15) is 36.9 Å². The normalized spacial score (nSPS) is 23.6. The highest BCUT2D eigenvalue weighted by Gasteiger charge is 2.37. The molecule has 1 aromatic rings. The molecule has 18 heavy (non-hydrogen) atoms. The van der Waals surface area contributed by atoms with E-state index in [1.54, 1.807) is 0 Å². The maximum Gasteiger partial charge on any atom is 0.0372 e. The molecule has 0 aromatic carbocycles. The van der Waals surface area contributed by atoms with Crippen LogP contribution >= 0.6 is 0 Å². The van der Waals surface area contributed by atoms with Gasteiger partial charge in [-0.05, 0) is 31.4 Å². The minimum absolute atomic E-state index is 0.427. The number of pyridine rings is 1. The van der Waals surface area contributed by atoms with Crippen molar-refractivity contribution in [1.29, 1.82) is 0 Å². The first-order valence-corrected chi connectivity index (χ1v) is 7.15. The molecule has 1 spiro atoms. The second-order valence-electron chi connectivity index (χ2n) is 5.93. The van der Waals surface area contributed by atoms with E-state index >= 15 is 0 Å². The van der Waals surface area contributed by atoms with Gasteiger partial charge < -0.3 is 5.32 Å². The lowest BCUT2D eigenvalue weighted by molar-refractivity contribution is 0.128. The maximum absolute atomic E-state index is 4.39. The van der Waals surface area contributed by atoms with Crippen LogP contribution < -0.4 is 5.32 Å². The third-order valence-electron chi connectivity index (χ3n) is 4.39. The van der Waals surface area contributed by atoms with E-state index in [0.717, 1.165) is 25.3 Å². The van der Waals surface area contributed by atoms with Crippen molar-refractivity contribution < 1.29 is 0 Å². The number of nitrogens with zero attached hydrogens (tertiary/aromatic N) is 2. The third kappa shape index (κ3) is 2.57. The molecule has 2 heterocycles. The first-order valence-electron chi connectivity index (χ1n) is 7.15. The molecule has 0 amide bonds. The number of nitrogens with one attached hydrogen (secondary N) is 1. The fraction of sp³-hybridized carbons (Fsp3) is 0.667. The molecule has 0 bridgehead atoms. The van der Waals surface area contributed by atoms with E-state index in [0.29, 0.717) is 5.54 Å². The van der Waals surface area contributed by atoms with Gasteiger partial charge in [0.05, 0.1) is 0 Å². The minimum atomic E-state index is 0.427. The standard InChI is InChI=1S/C15H23N3/c1-13-4-5-14(10-16-13)11-18-9-8-17-15(12-18)6-2-3-7-15/h4-5,10,17H,2-3,6-9,11-12H2,1H3. The summed E-state index contributed by atoms with van der Waals surface area (Å²) >= 11 is 0. The summed E-state index contributed by atoms with van der Waals surface area (Å²) in [5, 5.41) is 3.76. The van der Waals surface area contributed by atoms with Gasteiger partial charge in [0.25, 0.3) is 0 Å². The summed E-state index contributed by atoms with van der Waals surface area (Å²) in [4.78, 5) is 6.98. The van der Waals surface area contributed by atoms with Gasteiger partial charge in [-0.2, -0.15) is 0 Å². The highest BCUT2D eigenvalue weighted by Crippen LogP contribution is 2.32. The van der Waals surface area contributed by atoms with Crippen LogP contribution in [-0.4, -0.2) is 35.1 Å². The van der Waals surface area contributed by atoms with Gasteiger partial charge in [-0.25, -0.2) is 0 Å². The number of piperazine rings is 1. The van der Waals surface area contributed by atoms with Crippen molar-refractivity contribution in [3.05, 3.63) is 29.6 Å². The second-order valence-corrected chi connectivity index (χ2v) is 5.93. The number of hydrogen-bond donors (Lipinski definition) is 1. The molecule has 0 atom stereocenters. The summed E-state index contributed by atoms with van der Waals surface area (Å²) < 4.78 is 0. The van der Waals surface area contributed by atoms with Gasteiger partial charge >= 0.3 is 0 Å². The zero-order valence-electron chi connectivity index (χ0n) is 11.3. The quantitative estimate of drug-likeness (QED) is 0.865. The fourth-order valence-electron chi connectivity index (χ4n) is 3.41. The Balaban J connectivity index is 1.64. The molecule has 0 radical (unpaired) electrons. The largest absolute Gasteiger partial charge is 0.309 e. The maximum atomic E-state index is 4.39. The highest BCUT2D eigenvalue weighted by atomic mass is 15.2. The van der Waals surface area contributed by atoms with Crippen LogP contribution in [0.15, 0.2) is 18.3 Å². The summed E-state index contributed by atoms with van der Waals surface area (Å²) in [7, 11) is 0. The Morgan fingerprint density at radius 3 is 2.89 bits per heavy atom. The summed E-state index contributed by atoms with van der Waals surface area (Å²) in [6.07, 6.45) is 7.53. The van der Waals surface area contributed by atoms with Crippen molar-refractivity contribution in [3.63, 3.8) is 0 Å². The van der Waals surface area contributed by atoms with E-state index in [2.05, 4.69) is 27.3 Å². The first-order chi connectivity index (χ1) is 8.76. The Labute approximate surface area is 110 Å². The smallest absolute Gasteiger partial charge is 0.0372 e. The molecule has 1 saturated heterocycles. The molecular weight excluding hydrogens is 222 g/mol. The number of aryl methyl sites for hydroxylation is 1. The van der Waals surface area contributed by atoms with Gasteiger partial charge in [-0.3, -0.25) is 9.88 Å². The van der Waals surface area contributed by atoms with Crippen LogP contribution in [0.25, 0.3) is 0 Å². The van der Waals surface area contributed by atoms with E-state index in [9.17, 15) is 0 Å². The topological polar surface area (TPSA) is 28.2 Å². The Morgan fingerprint density at radius 2 is 2.17 bits per heavy atom. The van der Waals surface area contributed by atoms with Crippen molar-refractivity contribution in [2.24, 2.45) is 0 Å². The Kier molecular flexibility index (Phi) is 3.35. The van der Waals surface area contributed by atoms with Crippen LogP contribution in [0, 0.1) is 6.92 Å². The molecule has 3 heteroatoms.